The molecule has 8 heteroatoms. The number of ether oxygens (including phenoxy) is 2. The number of aromatic nitrogens is 1. The van der Waals surface area contributed by atoms with Crippen molar-refractivity contribution in [1.29, 1.82) is 0 Å². The number of hydrogen-bond donors (Lipinski definition) is 3. The predicted molar refractivity (Wildman–Crippen MR) is 140 cm³/mol. The molecule has 2 heterocycles. The van der Waals surface area contributed by atoms with Crippen LogP contribution in [0.5, 0.6) is 17.2 Å². The summed E-state index contributed by atoms with van der Waals surface area (Å²) in [6, 6.07) is 17.7. The van der Waals surface area contributed by atoms with Crippen LogP contribution in [0.15, 0.2) is 78.5 Å². The van der Waals surface area contributed by atoms with E-state index in [2.05, 4.69) is 4.98 Å². The molecular formula is C29H26N2O6. The van der Waals surface area contributed by atoms with Crippen LogP contribution in [0.2, 0.25) is 0 Å². The van der Waals surface area contributed by atoms with E-state index >= 15 is 0 Å². The first-order valence-electron chi connectivity index (χ1n) is 12.0. The summed E-state index contributed by atoms with van der Waals surface area (Å²) in [7, 11) is 0. The van der Waals surface area contributed by atoms with Crippen molar-refractivity contribution < 1.29 is 29.3 Å². The van der Waals surface area contributed by atoms with Gasteiger partial charge in [0.25, 0.3) is 11.7 Å². The van der Waals surface area contributed by atoms with Gasteiger partial charge in [-0.15, -0.1) is 0 Å². The van der Waals surface area contributed by atoms with E-state index in [-0.39, 0.29) is 17.1 Å². The second kappa shape index (κ2) is 9.73. The Hall–Kier alpha value is -4.72. The number of rotatable bonds is 7. The lowest BCUT2D eigenvalue weighted by molar-refractivity contribution is -0.132. The average molecular weight is 499 g/mol. The number of H-pyrrole nitrogens is 1. The fraction of sp³-hybridized carbons (Fsp3) is 0.172. The second-order valence-electron chi connectivity index (χ2n) is 8.51. The number of ketones is 1. The number of phenols is 1. The maximum absolute atomic E-state index is 13.5. The summed E-state index contributed by atoms with van der Waals surface area (Å²) in [4.78, 5) is 31.4. The van der Waals surface area contributed by atoms with Crippen molar-refractivity contribution >= 4 is 34.0 Å². The van der Waals surface area contributed by atoms with Crippen molar-refractivity contribution in [3.05, 3.63) is 89.6 Å². The Morgan fingerprint density at radius 1 is 0.946 bits per heavy atom. The SMILES string of the molecule is CCOc1ccc(N2C(=O)C(=O)/C(=C(\O)c3c[nH]c4ccccc34)C2c2ccc(O)cc2)cc1OCC. The molecule has 5 rings (SSSR count). The van der Waals surface area contributed by atoms with Crippen molar-refractivity contribution in [2.45, 2.75) is 19.9 Å². The third-order valence-corrected chi connectivity index (χ3v) is 6.30. The number of aromatic hydroxyl groups is 1. The topological polar surface area (TPSA) is 112 Å². The number of anilines is 1. The van der Waals surface area contributed by atoms with Crippen molar-refractivity contribution in [3.63, 3.8) is 0 Å². The van der Waals surface area contributed by atoms with Gasteiger partial charge < -0.3 is 24.7 Å². The second-order valence-corrected chi connectivity index (χ2v) is 8.51. The molecule has 1 aliphatic heterocycles. The standard InChI is InChI=1S/C29H26N2O6/c1-3-36-23-14-11-18(15-24(23)37-4-2)31-26(17-9-12-19(32)13-10-17)25(28(34)29(31)35)27(33)21-16-30-22-8-6-5-7-20(21)22/h5-16,26,30,32-33H,3-4H2,1-2H3/b27-25-. The highest BCUT2D eigenvalue weighted by Gasteiger charge is 2.47. The Kier molecular flexibility index (Phi) is 6.31. The molecule has 3 aromatic carbocycles. The van der Waals surface area contributed by atoms with E-state index in [1.165, 1.54) is 17.0 Å². The van der Waals surface area contributed by atoms with Gasteiger partial charge in [-0.25, -0.2) is 0 Å². The number of aliphatic hydroxyl groups is 1. The molecule has 0 aliphatic carbocycles. The Balaban J connectivity index is 1.71. The number of Topliss-reactive ketones (excluding diaryl/α,β-unsaturated/α-hetero) is 1. The molecule has 1 amide bonds. The van der Waals surface area contributed by atoms with Gasteiger partial charge in [-0.3, -0.25) is 14.5 Å². The minimum absolute atomic E-state index is 0.0389. The quantitative estimate of drug-likeness (QED) is 0.181. The number of para-hydroxylation sites is 1. The van der Waals surface area contributed by atoms with Crippen LogP contribution in [0.25, 0.3) is 16.7 Å². The summed E-state index contributed by atoms with van der Waals surface area (Å²) in [5.74, 6) is -0.891. The third-order valence-electron chi connectivity index (χ3n) is 6.30. The number of phenolic OH excluding ortho intramolecular Hbond substituents is 1. The third kappa shape index (κ3) is 4.16. The van der Waals surface area contributed by atoms with Crippen molar-refractivity contribution in [1.82, 2.24) is 4.98 Å². The van der Waals surface area contributed by atoms with E-state index in [9.17, 15) is 19.8 Å². The lowest BCUT2D eigenvalue weighted by atomic mass is 9.95. The monoisotopic (exact) mass is 498 g/mol. The van der Waals surface area contributed by atoms with Crippen LogP contribution < -0.4 is 14.4 Å². The van der Waals surface area contributed by atoms with Gasteiger partial charge in [-0.05, 0) is 49.7 Å². The molecule has 1 aliphatic rings. The molecule has 1 aromatic heterocycles. The maximum atomic E-state index is 13.5. The summed E-state index contributed by atoms with van der Waals surface area (Å²) in [5.41, 5.74) is 2.11. The first kappa shape index (κ1) is 24.0. The highest BCUT2D eigenvalue weighted by Crippen LogP contribution is 2.45. The van der Waals surface area contributed by atoms with E-state index in [1.54, 1.807) is 36.5 Å². The van der Waals surface area contributed by atoms with Crippen molar-refractivity contribution in [2.75, 3.05) is 18.1 Å². The molecule has 0 spiro atoms. The molecule has 0 bridgehead atoms. The Bertz CT molecular complexity index is 1520. The van der Waals surface area contributed by atoms with Gasteiger partial charge in [0.05, 0.1) is 24.8 Å². The molecule has 4 aromatic rings. The molecule has 0 radical (unpaired) electrons. The number of fused-ring (bicyclic) bond motifs is 1. The van der Waals surface area contributed by atoms with E-state index in [0.29, 0.717) is 41.5 Å². The largest absolute Gasteiger partial charge is 0.508 e. The molecule has 1 saturated heterocycles. The fourth-order valence-corrected chi connectivity index (χ4v) is 4.67. The molecule has 37 heavy (non-hydrogen) atoms. The van der Waals surface area contributed by atoms with E-state index < -0.39 is 17.7 Å². The van der Waals surface area contributed by atoms with Crippen LogP contribution >= 0.6 is 0 Å². The van der Waals surface area contributed by atoms with Gasteiger partial charge in [0.1, 0.15) is 11.5 Å². The number of aromatic amines is 1. The summed E-state index contributed by atoms with van der Waals surface area (Å²) in [6.07, 6.45) is 1.62. The van der Waals surface area contributed by atoms with E-state index in [4.69, 9.17) is 9.47 Å². The smallest absolute Gasteiger partial charge is 0.300 e. The van der Waals surface area contributed by atoms with Gasteiger partial charge in [0, 0.05) is 34.4 Å². The van der Waals surface area contributed by atoms with Gasteiger partial charge in [-0.2, -0.15) is 0 Å². The van der Waals surface area contributed by atoms with E-state index in [1.807, 2.05) is 38.1 Å². The first-order valence-corrected chi connectivity index (χ1v) is 12.0. The lowest BCUT2D eigenvalue weighted by Crippen LogP contribution is -2.29. The van der Waals surface area contributed by atoms with Crippen LogP contribution in [0.4, 0.5) is 5.69 Å². The van der Waals surface area contributed by atoms with E-state index in [0.717, 1.165) is 10.9 Å². The lowest BCUT2D eigenvalue weighted by Gasteiger charge is -2.26. The van der Waals surface area contributed by atoms with Gasteiger partial charge in [0.2, 0.25) is 0 Å². The summed E-state index contributed by atoms with van der Waals surface area (Å²) in [6.45, 7) is 4.51. The average Bonchev–Trinajstić information content (AvgIpc) is 3.45. The molecular weight excluding hydrogens is 472 g/mol. The Labute approximate surface area is 213 Å². The van der Waals surface area contributed by atoms with Crippen LogP contribution in [0.1, 0.15) is 31.0 Å². The summed E-state index contributed by atoms with van der Waals surface area (Å²) < 4.78 is 11.4. The highest BCUT2D eigenvalue weighted by atomic mass is 16.5. The number of nitrogens with zero attached hydrogens (tertiary/aromatic N) is 1. The number of carbonyl (C=O) groups excluding carboxylic acids is 2. The summed E-state index contributed by atoms with van der Waals surface area (Å²) >= 11 is 0. The summed E-state index contributed by atoms with van der Waals surface area (Å²) in [5, 5.41) is 22.0. The molecule has 1 unspecified atom stereocenters. The predicted octanol–water partition coefficient (Wildman–Crippen LogP) is 5.30. The van der Waals surface area contributed by atoms with Crippen LogP contribution in [0, 0.1) is 0 Å². The maximum Gasteiger partial charge on any atom is 0.300 e. The number of benzene rings is 3. The van der Waals surface area contributed by atoms with Gasteiger partial charge in [-0.1, -0.05) is 30.3 Å². The Morgan fingerprint density at radius 3 is 2.38 bits per heavy atom. The van der Waals surface area contributed by atoms with Crippen molar-refractivity contribution in [3.8, 4) is 17.2 Å². The molecule has 8 nitrogen and oxygen atoms in total. The zero-order chi connectivity index (χ0) is 26.1. The zero-order valence-electron chi connectivity index (χ0n) is 20.4. The molecule has 1 fully saturated rings. The van der Waals surface area contributed by atoms with Gasteiger partial charge >= 0.3 is 0 Å². The molecule has 0 saturated carbocycles. The van der Waals surface area contributed by atoms with Crippen LogP contribution in [-0.2, 0) is 9.59 Å². The molecule has 3 N–H and O–H groups in total. The normalized spacial score (nSPS) is 16.9. The van der Waals surface area contributed by atoms with Crippen LogP contribution in [0.3, 0.4) is 0 Å². The zero-order valence-corrected chi connectivity index (χ0v) is 20.4. The number of amides is 1. The number of hydrogen-bond acceptors (Lipinski definition) is 6. The first-order chi connectivity index (χ1) is 17.9. The number of nitrogens with one attached hydrogen (secondary N) is 1. The van der Waals surface area contributed by atoms with Crippen LogP contribution in [-0.4, -0.2) is 40.1 Å². The fourth-order valence-electron chi connectivity index (χ4n) is 4.67. The van der Waals surface area contributed by atoms with Crippen molar-refractivity contribution in [2.24, 2.45) is 0 Å². The minimum atomic E-state index is -0.943. The molecule has 1 atom stereocenters. The Morgan fingerprint density at radius 2 is 1.65 bits per heavy atom. The molecule has 188 valence electrons. The number of aliphatic hydroxyl groups excluding tert-OH is 1. The number of carbonyl (C=O) groups is 2. The highest BCUT2D eigenvalue weighted by molar-refractivity contribution is 6.51. The minimum Gasteiger partial charge on any atom is -0.508 e. The van der Waals surface area contributed by atoms with Gasteiger partial charge in [0.15, 0.2) is 11.5 Å².